The molecule has 0 saturated heterocycles. The van der Waals surface area contributed by atoms with E-state index in [1.54, 1.807) is 0 Å². The van der Waals surface area contributed by atoms with Gasteiger partial charge in [-0.3, -0.25) is 4.79 Å². The van der Waals surface area contributed by atoms with E-state index in [0.717, 1.165) is 28.0 Å². The predicted octanol–water partition coefficient (Wildman–Crippen LogP) is 4.32. The van der Waals surface area contributed by atoms with Gasteiger partial charge in [-0.25, -0.2) is 0 Å². The Morgan fingerprint density at radius 2 is 1.85 bits per heavy atom. The highest BCUT2D eigenvalue weighted by Gasteiger charge is 2.19. The van der Waals surface area contributed by atoms with Crippen LogP contribution in [0.2, 0.25) is 0 Å². The molecule has 1 heterocycles. The van der Waals surface area contributed by atoms with Gasteiger partial charge in [0, 0.05) is 16.8 Å². The summed E-state index contributed by atoms with van der Waals surface area (Å²) in [7, 11) is 0. The van der Waals surface area contributed by atoms with Crippen LogP contribution < -0.4 is 15.8 Å². The average Bonchev–Trinajstić information content (AvgIpc) is 2.68. The van der Waals surface area contributed by atoms with Gasteiger partial charge in [0.15, 0.2) is 0 Å². The summed E-state index contributed by atoms with van der Waals surface area (Å²) in [4.78, 5) is 12.6. The number of benzene rings is 3. The Hall–Kier alpha value is -3.27. The Bertz CT molecular complexity index is 967. The molecule has 0 bridgehead atoms. The van der Waals surface area contributed by atoms with Crippen LogP contribution in [-0.2, 0) is 6.61 Å². The molecule has 4 rings (SSSR count). The summed E-state index contributed by atoms with van der Waals surface area (Å²) in [5.74, 6) is 0.726. The number of fused-ring (bicyclic) bond motifs is 3. The average molecular weight is 344 g/mol. The van der Waals surface area contributed by atoms with E-state index in [2.05, 4.69) is 5.32 Å². The number of anilines is 1. The number of rotatable bonds is 3. The molecule has 0 aliphatic carbocycles. The molecule has 0 radical (unpaired) electrons. The van der Waals surface area contributed by atoms with Crippen molar-refractivity contribution in [1.82, 2.24) is 5.32 Å². The van der Waals surface area contributed by atoms with Crippen LogP contribution in [0.15, 0.2) is 66.7 Å². The van der Waals surface area contributed by atoms with E-state index in [1.165, 1.54) is 0 Å². The molecule has 0 aromatic heterocycles. The zero-order chi connectivity index (χ0) is 18.1. The molecule has 130 valence electrons. The molecule has 4 nitrogen and oxygen atoms in total. The molecule has 0 fully saturated rings. The molecule has 4 heteroatoms. The Labute approximate surface area is 152 Å². The van der Waals surface area contributed by atoms with Gasteiger partial charge in [0.2, 0.25) is 0 Å². The first-order valence-corrected chi connectivity index (χ1v) is 8.63. The fourth-order valence-electron chi connectivity index (χ4n) is 3.26. The van der Waals surface area contributed by atoms with E-state index >= 15 is 0 Å². The van der Waals surface area contributed by atoms with Crippen molar-refractivity contribution in [3.8, 4) is 16.9 Å². The highest BCUT2D eigenvalue weighted by atomic mass is 16.5. The lowest BCUT2D eigenvalue weighted by atomic mass is 9.94. The topological polar surface area (TPSA) is 64.3 Å². The van der Waals surface area contributed by atoms with Crippen LogP contribution in [0, 0.1) is 0 Å². The van der Waals surface area contributed by atoms with Crippen molar-refractivity contribution in [1.29, 1.82) is 0 Å². The van der Waals surface area contributed by atoms with Crippen LogP contribution >= 0.6 is 0 Å². The second-order valence-electron chi connectivity index (χ2n) is 6.52. The van der Waals surface area contributed by atoms with Gasteiger partial charge in [-0.05, 0) is 53.9 Å². The summed E-state index contributed by atoms with van der Waals surface area (Å²) in [5, 5.41) is 3.05. The normalized spacial score (nSPS) is 13.1. The van der Waals surface area contributed by atoms with Gasteiger partial charge in [-0.2, -0.15) is 0 Å². The Morgan fingerprint density at radius 1 is 1.04 bits per heavy atom. The Balaban J connectivity index is 1.59. The van der Waals surface area contributed by atoms with Crippen molar-refractivity contribution >= 4 is 11.6 Å². The number of amides is 1. The number of carbonyl (C=O) groups excluding carboxylic acids is 1. The first-order valence-electron chi connectivity index (χ1n) is 8.63. The highest BCUT2D eigenvalue weighted by molar-refractivity contribution is 5.95. The van der Waals surface area contributed by atoms with Gasteiger partial charge in [0.05, 0.1) is 6.04 Å². The van der Waals surface area contributed by atoms with E-state index in [1.807, 2.05) is 73.7 Å². The minimum absolute atomic E-state index is 0.0588. The Kier molecular flexibility index (Phi) is 4.09. The maximum absolute atomic E-state index is 12.6. The summed E-state index contributed by atoms with van der Waals surface area (Å²) < 4.78 is 5.80. The third-order valence-electron chi connectivity index (χ3n) is 4.69. The molecule has 3 N–H and O–H groups in total. The first kappa shape index (κ1) is 16.2. The number of nitrogens with one attached hydrogen (secondary N) is 1. The van der Waals surface area contributed by atoms with Gasteiger partial charge in [-0.15, -0.1) is 0 Å². The number of hydrogen-bond acceptors (Lipinski definition) is 3. The van der Waals surface area contributed by atoms with Crippen LogP contribution in [0.25, 0.3) is 11.1 Å². The molecular formula is C22H20N2O2. The summed E-state index contributed by atoms with van der Waals surface area (Å²) in [5.41, 5.74) is 11.3. The molecule has 1 aliphatic rings. The van der Waals surface area contributed by atoms with Crippen molar-refractivity contribution in [3.05, 3.63) is 83.4 Å². The van der Waals surface area contributed by atoms with Crippen molar-refractivity contribution in [2.45, 2.75) is 19.6 Å². The van der Waals surface area contributed by atoms with E-state index < -0.39 is 0 Å². The van der Waals surface area contributed by atoms with Gasteiger partial charge >= 0.3 is 0 Å². The smallest absolute Gasteiger partial charge is 0.251 e. The molecular weight excluding hydrogens is 324 g/mol. The molecule has 0 saturated carbocycles. The molecule has 1 aliphatic heterocycles. The second-order valence-corrected chi connectivity index (χ2v) is 6.52. The summed E-state index contributed by atoms with van der Waals surface area (Å²) in [6.45, 7) is 2.43. The van der Waals surface area contributed by atoms with Gasteiger partial charge < -0.3 is 15.8 Å². The Morgan fingerprint density at radius 3 is 2.65 bits per heavy atom. The molecule has 26 heavy (non-hydrogen) atoms. The summed E-state index contributed by atoms with van der Waals surface area (Å²) >= 11 is 0. The van der Waals surface area contributed by atoms with Crippen molar-refractivity contribution < 1.29 is 9.53 Å². The van der Waals surface area contributed by atoms with Crippen LogP contribution in [0.1, 0.15) is 34.5 Å². The fourth-order valence-corrected chi connectivity index (χ4v) is 3.26. The largest absolute Gasteiger partial charge is 0.488 e. The highest BCUT2D eigenvalue weighted by Crippen LogP contribution is 2.38. The first-order chi connectivity index (χ1) is 12.6. The third kappa shape index (κ3) is 3.02. The van der Waals surface area contributed by atoms with Crippen LogP contribution in [-0.4, -0.2) is 5.91 Å². The van der Waals surface area contributed by atoms with Crippen LogP contribution in [0.4, 0.5) is 5.69 Å². The summed E-state index contributed by atoms with van der Waals surface area (Å²) in [6, 6.07) is 21.2. The molecule has 3 aromatic carbocycles. The van der Waals surface area contributed by atoms with E-state index in [4.69, 9.17) is 10.5 Å². The summed E-state index contributed by atoms with van der Waals surface area (Å²) in [6.07, 6.45) is 0. The maximum atomic E-state index is 12.6. The number of carbonyl (C=O) groups is 1. The SMILES string of the molecule is C[C@@H](NC(=O)c1ccc2c(c1)COc1ccc(N)cc1-2)c1ccccc1. The number of nitrogens with two attached hydrogens (primary N) is 1. The lowest BCUT2D eigenvalue weighted by Crippen LogP contribution is -2.26. The van der Waals surface area contributed by atoms with E-state index in [9.17, 15) is 4.79 Å². The van der Waals surface area contributed by atoms with Crippen molar-refractivity contribution in [3.63, 3.8) is 0 Å². The van der Waals surface area contributed by atoms with Gasteiger partial charge in [0.1, 0.15) is 12.4 Å². The number of nitrogen functional groups attached to an aromatic ring is 1. The molecule has 0 unspecified atom stereocenters. The number of hydrogen-bond donors (Lipinski definition) is 2. The standard InChI is InChI=1S/C22H20N2O2/c1-14(15-5-3-2-4-6-15)24-22(25)16-7-9-19-17(11-16)13-26-21-10-8-18(23)12-20(19)21/h2-12,14H,13,23H2,1H3,(H,24,25)/t14-/m1/s1. The molecule has 3 aromatic rings. The monoisotopic (exact) mass is 344 g/mol. The van der Waals surface area contributed by atoms with Crippen molar-refractivity contribution in [2.75, 3.05) is 5.73 Å². The quantitative estimate of drug-likeness (QED) is 0.696. The second kappa shape index (κ2) is 6.56. The van der Waals surface area contributed by atoms with Crippen molar-refractivity contribution in [2.24, 2.45) is 0 Å². The molecule has 0 spiro atoms. The number of ether oxygens (including phenoxy) is 1. The lowest BCUT2D eigenvalue weighted by molar-refractivity contribution is 0.0939. The minimum atomic E-state index is -0.0949. The third-order valence-corrected chi connectivity index (χ3v) is 4.69. The minimum Gasteiger partial charge on any atom is -0.488 e. The fraction of sp³-hybridized carbons (Fsp3) is 0.136. The van der Waals surface area contributed by atoms with Gasteiger partial charge in [-0.1, -0.05) is 36.4 Å². The lowest BCUT2D eigenvalue weighted by Gasteiger charge is -2.22. The van der Waals surface area contributed by atoms with Gasteiger partial charge in [0.25, 0.3) is 5.91 Å². The molecule has 1 atom stereocenters. The van der Waals surface area contributed by atoms with E-state index in [0.29, 0.717) is 17.9 Å². The predicted molar refractivity (Wildman–Crippen MR) is 103 cm³/mol. The zero-order valence-corrected chi connectivity index (χ0v) is 14.5. The maximum Gasteiger partial charge on any atom is 0.251 e. The van der Waals surface area contributed by atoms with Crippen LogP contribution in [0.5, 0.6) is 5.75 Å². The molecule has 1 amide bonds. The zero-order valence-electron chi connectivity index (χ0n) is 14.5. The van der Waals surface area contributed by atoms with Crippen LogP contribution in [0.3, 0.4) is 0 Å². The van der Waals surface area contributed by atoms with E-state index in [-0.39, 0.29) is 11.9 Å².